The summed E-state index contributed by atoms with van der Waals surface area (Å²) in [6, 6.07) is 4.26. The Morgan fingerprint density at radius 2 is 2.38 bits per heavy atom. The highest BCUT2D eigenvalue weighted by Gasteiger charge is 2.28. The van der Waals surface area contributed by atoms with Crippen molar-refractivity contribution in [2.45, 2.75) is 44.4 Å². The number of ether oxygens (including phenoxy) is 1. The zero-order valence-electron chi connectivity index (χ0n) is 13.5. The number of hydrogen-bond acceptors (Lipinski definition) is 6. The van der Waals surface area contributed by atoms with E-state index in [0.717, 1.165) is 39.9 Å². The summed E-state index contributed by atoms with van der Waals surface area (Å²) < 4.78 is 9.31. The minimum atomic E-state index is -0.163. The molecule has 0 saturated carbocycles. The first-order valence-corrected chi connectivity index (χ1v) is 9.05. The van der Waals surface area contributed by atoms with Gasteiger partial charge in [0.15, 0.2) is 0 Å². The number of thiophene rings is 1. The number of imidazole rings is 1. The Kier molecular flexibility index (Phi) is 3.96. The first-order chi connectivity index (χ1) is 11.7. The Hall–Kier alpha value is -2.01. The molecule has 1 saturated heterocycles. The summed E-state index contributed by atoms with van der Waals surface area (Å²) in [5.41, 5.74) is 9.18. The topological polar surface area (TPSA) is 89.8 Å². The highest BCUT2D eigenvalue weighted by molar-refractivity contribution is 7.18. The van der Waals surface area contributed by atoms with Gasteiger partial charge in [-0.25, -0.2) is 4.98 Å². The van der Waals surface area contributed by atoms with Gasteiger partial charge < -0.3 is 15.0 Å². The van der Waals surface area contributed by atoms with Crippen LogP contribution < -0.4 is 5.73 Å². The molecular weight excluding hydrogens is 322 g/mol. The Morgan fingerprint density at radius 1 is 1.50 bits per heavy atom. The molecule has 24 heavy (non-hydrogen) atoms. The minimum absolute atomic E-state index is 0.0446. The molecule has 4 rings (SSSR count). The molecule has 0 aliphatic carbocycles. The fourth-order valence-corrected chi connectivity index (χ4v) is 4.33. The van der Waals surface area contributed by atoms with E-state index in [9.17, 15) is 0 Å². The third kappa shape index (κ3) is 2.47. The predicted octanol–water partition coefficient (Wildman–Crippen LogP) is 3.30. The highest BCUT2D eigenvalue weighted by Crippen LogP contribution is 2.35. The first-order valence-electron chi connectivity index (χ1n) is 8.17. The molecule has 3 atom stereocenters. The molecule has 0 spiro atoms. The van der Waals surface area contributed by atoms with E-state index >= 15 is 0 Å². The average Bonchev–Trinajstić information content (AvgIpc) is 3.19. The molecule has 0 amide bonds. The second-order valence-electron chi connectivity index (χ2n) is 6.30. The Balaban J connectivity index is 1.82. The second-order valence-corrected chi connectivity index (χ2v) is 7.22. The van der Waals surface area contributed by atoms with Crippen LogP contribution in [0, 0.1) is 11.3 Å². The fraction of sp³-hybridized carbons (Fsp3) is 0.471. The first kappa shape index (κ1) is 15.5. The maximum atomic E-state index is 8.85. The van der Waals surface area contributed by atoms with Crippen molar-refractivity contribution in [3.8, 4) is 6.07 Å². The van der Waals surface area contributed by atoms with Crippen molar-refractivity contribution in [2.24, 2.45) is 5.73 Å². The summed E-state index contributed by atoms with van der Waals surface area (Å²) in [6.45, 7) is 2.55. The summed E-state index contributed by atoms with van der Waals surface area (Å²) in [4.78, 5) is 9.24. The van der Waals surface area contributed by atoms with E-state index in [-0.39, 0.29) is 18.2 Å². The number of hydrogen-bond donors (Lipinski definition) is 1. The van der Waals surface area contributed by atoms with E-state index in [4.69, 9.17) is 20.7 Å². The van der Waals surface area contributed by atoms with Gasteiger partial charge in [-0.2, -0.15) is 5.26 Å². The van der Waals surface area contributed by atoms with E-state index in [1.165, 1.54) is 0 Å². The molecule has 1 fully saturated rings. The Bertz CT molecular complexity index is 914. The third-order valence-electron chi connectivity index (χ3n) is 4.59. The number of nitriles is 1. The van der Waals surface area contributed by atoms with E-state index in [1.807, 2.05) is 19.2 Å². The van der Waals surface area contributed by atoms with Crippen LogP contribution in [0.15, 0.2) is 17.6 Å². The van der Waals surface area contributed by atoms with Crippen molar-refractivity contribution in [3.63, 3.8) is 0 Å². The zero-order chi connectivity index (χ0) is 16.7. The summed E-state index contributed by atoms with van der Waals surface area (Å²) in [5, 5.41) is 10.9. The molecule has 4 heterocycles. The van der Waals surface area contributed by atoms with Crippen LogP contribution in [0.2, 0.25) is 0 Å². The SMILES string of the molecule is CC(N)c1nc2cnc3ccsc3c2n1[C@H]1CCC(CC#N)OC1. The summed E-state index contributed by atoms with van der Waals surface area (Å²) >= 11 is 1.68. The largest absolute Gasteiger partial charge is 0.375 e. The van der Waals surface area contributed by atoms with Gasteiger partial charge in [0, 0.05) is 0 Å². The van der Waals surface area contributed by atoms with Crippen molar-refractivity contribution in [1.29, 1.82) is 5.26 Å². The lowest BCUT2D eigenvalue weighted by Crippen LogP contribution is -2.29. The molecule has 0 aromatic carbocycles. The van der Waals surface area contributed by atoms with Crippen molar-refractivity contribution >= 4 is 32.6 Å². The number of nitrogens with zero attached hydrogens (tertiary/aromatic N) is 4. The van der Waals surface area contributed by atoms with E-state index in [2.05, 4.69) is 21.0 Å². The molecule has 0 radical (unpaired) electrons. The molecule has 2 unspecified atom stereocenters. The van der Waals surface area contributed by atoms with Gasteiger partial charge >= 0.3 is 0 Å². The second kappa shape index (κ2) is 6.13. The quantitative estimate of drug-likeness (QED) is 0.789. The number of pyridine rings is 1. The van der Waals surface area contributed by atoms with Crippen molar-refractivity contribution in [1.82, 2.24) is 14.5 Å². The lowest BCUT2D eigenvalue weighted by Gasteiger charge is -2.30. The lowest BCUT2D eigenvalue weighted by molar-refractivity contribution is -0.00836. The number of fused-ring (bicyclic) bond motifs is 3. The maximum Gasteiger partial charge on any atom is 0.127 e. The highest BCUT2D eigenvalue weighted by atomic mass is 32.1. The molecule has 3 aromatic heterocycles. The van der Waals surface area contributed by atoms with Crippen LogP contribution in [0.4, 0.5) is 0 Å². The molecule has 6 nitrogen and oxygen atoms in total. The van der Waals surface area contributed by atoms with Gasteiger partial charge in [0.1, 0.15) is 11.3 Å². The molecule has 124 valence electrons. The van der Waals surface area contributed by atoms with Gasteiger partial charge in [0.2, 0.25) is 0 Å². The van der Waals surface area contributed by atoms with Crippen molar-refractivity contribution in [2.75, 3.05) is 6.61 Å². The molecule has 3 aromatic rings. The molecule has 1 aliphatic heterocycles. The molecule has 2 N–H and O–H groups in total. The normalized spacial score (nSPS) is 22.7. The van der Waals surface area contributed by atoms with Crippen LogP contribution >= 0.6 is 11.3 Å². The maximum absolute atomic E-state index is 8.85. The standard InChI is InChI=1S/C17H19N5OS/c1-10(19)17-21-14-8-20-13-5-7-24-16(13)15(14)22(17)11-2-3-12(4-6-18)23-9-11/h5,7-8,10-12H,2-4,9,19H2,1H3/t10?,11-,12?/m0/s1. The molecular formula is C17H19N5OS. The predicted molar refractivity (Wildman–Crippen MR) is 93.8 cm³/mol. The van der Waals surface area contributed by atoms with Crippen LogP contribution in [0.25, 0.3) is 21.3 Å². The number of rotatable bonds is 3. The molecule has 7 heteroatoms. The van der Waals surface area contributed by atoms with Crippen molar-refractivity contribution in [3.05, 3.63) is 23.5 Å². The summed E-state index contributed by atoms with van der Waals surface area (Å²) in [7, 11) is 0. The smallest absolute Gasteiger partial charge is 0.127 e. The summed E-state index contributed by atoms with van der Waals surface area (Å²) in [6.07, 6.45) is 4.18. The van der Waals surface area contributed by atoms with Crippen LogP contribution in [-0.4, -0.2) is 27.2 Å². The van der Waals surface area contributed by atoms with Crippen LogP contribution in [-0.2, 0) is 4.74 Å². The third-order valence-corrected chi connectivity index (χ3v) is 5.50. The van der Waals surface area contributed by atoms with E-state index < -0.39 is 0 Å². The van der Waals surface area contributed by atoms with Gasteiger partial charge in [-0.1, -0.05) is 0 Å². The Labute approximate surface area is 143 Å². The van der Waals surface area contributed by atoms with Gasteiger partial charge in [-0.15, -0.1) is 11.3 Å². The van der Waals surface area contributed by atoms with Crippen LogP contribution in [0.1, 0.15) is 44.1 Å². The lowest BCUT2D eigenvalue weighted by atomic mass is 10.0. The minimum Gasteiger partial charge on any atom is -0.375 e. The van der Waals surface area contributed by atoms with Gasteiger partial charge in [-0.3, -0.25) is 4.98 Å². The fourth-order valence-electron chi connectivity index (χ4n) is 3.45. The molecule has 1 aliphatic rings. The monoisotopic (exact) mass is 341 g/mol. The van der Waals surface area contributed by atoms with Gasteiger partial charge in [-0.05, 0) is 31.2 Å². The average molecular weight is 341 g/mol. The van der Waals surface area contributed by atoms with Crippen LogP contribution in [0.3, 0.4) is 0 Å². The van der Waals surface area contributed by atoms with E-state index in [1.54, 1.807) is 11.3 Å². The number of aromatic nitrogens is 3. The summed E-state index contributed by atoms with van der Waals surface area (Å²) in [5.74, 6) is 0.875. The Morgan fingerprint density at radius 3 is 3.08 bits per heavy atom. The van der Waals surface area contributed by atoms with Gasteiger partial charge in [0.05, 0.1) is 59.2 Å². The van der Waals surface area contributed by atoms with Crippen molar-refractivity contribution < 1.29 is 4.74 Å². The van der Waals surface area contributed by atoms with Gasteiger partial charge in [0.25, 0.3) is 0 Å². The molecule has 0 bridgehead atoms. The van der Waals surface area contributed by atoms with E-state index in [0.29, 0.717) is 13.0 Å². The number of nitrogens with two attached hydrogens (primary N) is 1. The van der Waals surface area contributed by atoms with Crippen LogP contribution in [0.5, 0.6) is 0 Å². The zero-order valence-corrected chi connectivity index (χ0v) is 14.3.